The second-order valence-corrected chi connectivity index (χ2v) is 6.59. The Morgan fingerprint density at radius 2 is 2.00 bits per heavy atom. The lowest BCUT2D eigenvalue weighted by Gasteiger charge is -2.25. The molecule has 3 rings (SSSR count). The van der Waals surface area contributed by atoms with Crippen LogP contribution in [0.3, 0.4) is 0 Å². The van der Waals surface area contributed by atoms with Crippen LogP contribution in [-0.4, -0.2) is 23.2 Å². The Bertz CT molecular complexity index is 744. The lowest BCUT2D eigenvalue weighted by Crippen LogP contribution is -2.34. The number of hydrogen-bond donors (Lipinski definition) is 1. The van der Waals surface area contributed by atoms with E-state index in [1.807, 2.05) is 18.2 Å². The molecule has 23 heavy (non-hydrogen) atoms. The number of carbonyl (C=O) groups is 1. The number of rotatable bonds is 2. The summed E-state index contributed by atoms with van der Waals surface area (Å²) in [7, 11) is 0. The minimum Gasteiger partial charge on any atom is -0.308 e. The predicted molar refractivity (Wildman–Crippen MR) is 88.7 cm³/mol. The summed E-state index contributed by atoms with van der Waals surface area (Å²) >= 11 is 7.82. The van der Waals surface area contributed by atoms with Crippen molar-refractivity contribution >= 4 is 35.1 Å². The molecule has 0 aromatic heterocycles. The zero-order valence-electron chi connectivity index (χ0n) is 11.9. The monoisotopic (exact) mass is 354 g/mol. The van der Waals surface area contributed by atoms with Crippen molar-refractivity contribution in [1.29, 1.82) is 0 Å². The van der Waals surface area contributed by atoms with Gasteiger partial charge >= 0.3 is 6.03 Å². The molecule has 3 nitrogen and oxygen atoms in total. The molecule has 0 saturated carbocycles. The van der Waals surface area contributed by atoms with Crippen LogP contribution in [0.2, 0.25) is 5.02 Å². The summed E-state index contributed by atoms with van der Waals surface area (Å²) in [5.74, 6) is -1.17. The molecule has 2 aromatic carbocycles. The first-order valence-corrected chi connectivity index (χ1v) is 8.37. The lowest BCUT2D eigenvalue weighted by molar-refractivity contribution is 0.214. The number of hydrogen-bond acceptors (Lipinski definition) is 2. The van der Waals surface area contributed by atoms with Gasteiger partial charge in [-0.2, -0.15) is 0 Å². The highest BCUT2D eigenvalue weighted by atomic mass is 35.5. The smallest absolute Gasteiger partial charge is 0.308 e. The Balaban J connectivity index is 1.78. The molecule has 0 aliphatic carbocycles. The number of nitrogens with zero attached hydrogens (tertiary/aromatic N) is 1. The third kappa shape index (κ3) is 3.43. The average molecular weight is 355 g/mol. The van der Waals surface area contributed by atoms with Crippen molar-refractivity contribution in [2.24, 2.45) is 0 Å². The Morgan fingerprint density at radius 3 is 2.74 bits per heavy atom. The number of thioether (sulfide) groups is 1. The molecule has 1 saturated heterocycles. The minimum absolute atomic E-state index is 0.200. The number of urea groups is 1. The van der Waals surface area contributed by atoms with E-state index in [1.165, 1.54) is 6.07 Å². The molecule has 1 atom stereocenters. The van der Waals surface area contributed by atoms with Gasteiger partial charge in [-0.25, -0.2) is 13.6 Å². The lowest BCUT2D eigenvalue weighted by atomic mass is 10.2. The summed E-state index contributed by atoms with van der Waals surface area (Å²) in [4.78, 5) is 14.1. The molecule has 120 valence electrons. The highest BCUT2D eigenvalue weighted by Gasteiger charge is 2.32. The van der Waals surface area contributed by atoms with Crippen molar-refractivity contribution in [2.75, 3.05) is 17.6 Å². The van der Waals surface area contributed by atoms with Gasteiger partial charge in [0, 0.05) is 34.6 Å². The highest BCUT2D eigenvalue weighted by Crippen LogP contribution is 2.40. The number of halogens is 3. The van der Waals surface area contributed by atoms with E-state index in [2.05, 4.69) is 5.32 Å². The SMILES string of the molecule is O=C(Nc1ccc(F)c(F)c1)N1CCSC1c1ccccc1Cl. The molecule has 0 spiro atoms. The minimum atomic E-state index is -0.999. The van der Waals surface area contributed by atoms with E-state index in [0.717, 1.165) is 23.4 Å². The topological polar surface area (TPSA) is 32.3 Å². The van der Waals surface area contributed by atoms with Crippen molar-refractivity contribution < 1.29 is 13.6 Å². The standard InChI is InChI=1S/C16H13ClF2N2OS/c17-12-4-2-1-3-11(12)15-21(7-8-23-15)16(22)20-10-5-6-13(18)14(19)9-10/h1-6,9,15H,7-8H2,(H,20,22). The summed E-state index contributed by atoms with van der Waals surface area (Å²) in [6.45, 7) is 0.552. The maximum atomic E-state index is 13.2. The normalized spacial score (nSPS) is 17.3. The molecule has 1 fully saturated rings. The number of benzene rings is 2. The van der Waals surface area contributed by atoms with Gasteiger partial charge in [-0.1, -0.05) is 29.8 Å². The van der Waals surface area contributed by atoms with Gasteiger partial charge in [0.15, 0.2) is 11.6 Å². The van der Waals surface area contributed by atoms with Crippen LogP contribution in [-0.2, 0) is 0 Å². The first-order chi connectivity index (χ1) is 11.1. The van der Waals surface area contributed by atoms with Crippen LogP contribution in [0.5, 0.6) is 0 Å². The number of amides is 2. The fraction of sp³-hybridized carbons (Fsp3) is 0.188. The second kappa shape index (κ2) is 6.76. The van der Waals surface area contributed by atoms with Crippen LogP contribution < -0.4 is 5.32 Å². The molecule has 1 heterocycles. The van der Waals surface area contributed by atoms with Gasteiger partial charge in [0.2, 0.25) is 0 Å². The molecule has 2 aromatic rings. The zero-order valence-corrected chi connectivity index (χ0v) is 13.5. The van der Waals surface area contributed by atoms with Gasteiger partial charge in [0.25, 0.3) is 0 Å². The van der Waals surface area contributed by atoms with E-state index in [9.17, 15) is 13.6 Å². The fourth-order valence-electron chi connectivity index (χ4n) is 2.38. The van der Waals surface area contributed by atoms with Crippen LogP contribution >= 0.6 is 23.4 Å². The molecule has 0 radical (unpaired) electrons. The Kier molecular flexibility index (Phi) is 4.73. The van der Waals surface area contributed by atoms with E-state index in [1.54, 1.807) is 22.7 Å². The number of anilines is 1. The molecular formula is C16H13ClF2N2OS. The Morgan fingerprint density at radius 1 is 1.22 bits per heavy atom. The predicted octanol–water partition coefficient (Wildman–Crippen LogP) is 4.90. The van der Waals surface area contributed by atoms with Crippen LogP contribution in [0.15, 0.2) is 42.5 Å². The quantitative estimate of drug-likeness (QED) is 0.832. The number of carbonyl (C=O) groups excluding carboxylic acids is 1. The summed E-state index contributed by atoms with van der Waals surface area (Å²) in [5.41, 5.74) is 1.07. The van der Waals surface area contributed by atoms with E-state index in [4.69, 9.17) is 11.6 Å². The van der Waals surface area contributed by atoms with E-state index >= 15 is 0 Å². The molecular weight excluding hydrogens is 342 g/mol. The maximum absolute atomic E-state index is 13.2. The Hall–Kier alpha value is -1.79. The second-order valence-electron chi connectivity index (χ2n) is 5.00. The van der Waals surface area contributed by atoms with Crippen molar-refractivity contribution in [3.63, 3.8) is 0 Å². The maximum Gasteiger partial charge on any atom is 0.323 e. The van der Waals surface area contributed by atoms with Gasteiger partial charge in [-0.05, 0) is 18.2 Å². The van der Waals surface area contributed by atoms with Crippen LogP contribution in [0, 0.1) is 11.6 Å². The van der Waals surface area contributed by atoms with Crippen LogP contribution in [0.25, 0.3) is 0 Å². The summed E-state index contributed by atoms with van der Waals surface area (Å²) < 4.78 is 26.2. The zero-order chi connectivity index (χ0) is 16.4. The first-order valence-electron chi connectivity index (χ1n) is 6.95. The van der Waals surface area contributed by atoms with Gasteiger partial charge in [0.05, 0.1) is 0 Å². The summed E-state index contributed by atoms with van der Waals surface area (Å²) in [5, 5.41) is 2.99. The van der Waals surface area contributed by atoms with E-state index in [0.29, 0.717) is 11.6 Å². The molecule has 1 unspecified atom stereocenters. The average Bonchev–Trinajstić information content (AvgIpc) is 3.01. The molecule has 1 aliphatic heterocycles. The highest BCUT2D eigenvalue weighted by molar-refractivity contribution is 7.99. The van der Waals surface area contributed by atoms with Crippen LogP contribution in [0.1, 0.15) is 10.9 Å². The Labute approximate surface area is 141 Å². The molecule has 0 bridgehead atoms. The van der Waals surface area contributed by atoms with E-state index in [-0.39, 0.29) is 17.1 Å². The van der Waals surface area contributed by atoms with Crippen molar-refractivity contribution in [3.05, 3.63) is 64.7 Å². The first kappa shape index (κ1) is 16.1. The van der Waals surface area contributed by atoms with Crippen LogP contribution in [0.4, 0.5) is 19.3 Å². The van der Waals surface area contributed by atoms with E-state index < -0.39 is 11.6 Å². The van der Waals surface area contributed by atoms with Gasteiger partial charge < -0.3 is 10.2 Å². The third-order valence-corrected chi connectivity index (χ3v) is 5.08. The molecule has 1 aliphatic rings. The van der Waals surface area contributed by atoms with Gasteiger partial charge in [-0.3, -0.25) is 0 Å². The van der Waals surface area contributed by atoms with Gasteiger partial charge in [-0.15, -0.1) is 11.8 Å². The van der Waals surface area contributed by atoms with Crippen molar-refractivity contribution in [3.8, 4) is 0 Å². The third-order valence-electron chi connectivity index (χ3n) is 3.49. The molecule has 7 heteroatoms. The van der Waals surface area contributed by atoms with Crippen molar-refractivity contribution in [2.45, 2.75) is 5.37 Å². The van der Waals surface area contributed by atoms with Crippen molar-refractivity contribution in [1.82, 2.24) is 4.90 Å². The van der Waals surface area contributed by atoms with Gasteiger partial charge in [0.1, 0.15) is 5.37 Å². The fourth-order valence-corrected chi connectivity index (χ4v) is 3.98. The molecule has 2 amide bonds. The summed E-state index contributed by atoms with van der Waals surface area (Å²) in [6.07, 6.45) is 0. The number of nitrogens with one attached hydrogen (secondary N) is 1. The largest absolute Gasteiger partial charge is 0.323 e. The summed E-state index contributed by atoms with van der Waals surface area (Å²) in [6, 6.07) is 10.2. The molecule has 1 N–H and O–H groups in total.